The van der Waals surface area contributed by atoms with Crippen molar-refractivity contribution >= 4 is 17.2 Å². The van der Waals surface area contributed by atoms with Gasteiger partial charge in [-0.3, -0.25) is 4.79 Å². The van der Waals surface area contributed by atoms with E-state index in [1.165, 1.54) is 0 Å². The molecule has 3 rings (SSSR count). The first-order valence-corrected chi connectivity index (χ1v) is 7.54. The predicted octanol–water partition coefficient (Wildman–Crippen LogP) is 1.66. The Hall–Kier alpha value is -2.05. The van der Waals surface area contributed by atoms with Crippen LogP contribution in [0.2, 0.25) is 0 Å². The van der Waals surface area contributed by atoms with Crippen molar-refractivity contribution in [2.24, 2.45) is 5.73 Å². The number of benzene rings is 1. The number of fused-ring (bicyclic) bond motifs is 1. The van der Waals surface area contributed by atoms with Crippen LogP contribution < -0.4 is 20.5 Å². The lowest BCUT2D eigenvalue weighted by atomic mass is 10.1. The highest BCUT2D eigenvalue weighted by molar-refractivity contribution is 7.09. The summed E-state index contributed by atoms with van der Waals surface area (Å²) >= 11 is 1.61. The monoisotopic (exact) mass is 304 g/mol. The van der Waals surface area contributed by atoms with E-state index in [1.807, 2.05) is 35.7 Å². The van der Waals surface area contributed by atoms with Crippen molar-refractivity contribution in [3.05, 3.63) is 46.2 Å². The molecule has 0 spiro atoms. The minimum atomic E-state index is -0.530. The molecule has 1 aliphatic rings. The Bertz CT molecular complexity index is 628. The molecular formula is C15H16N2O3S. The second kappa shape index (κ2) is 6.15. The average molecular weight is 304 g/mol. The topological polar surface area (TPSA) is 73.6 Å². The normalized spacial score (nSPS) is 14.0. The lowest BCUT2D eigenvalue weighted by Crippen LogP contribution is -2.41. The molecule has 21 heavy (non-hydrogen) atoms. The maximum atomic E-state index is 12.0. The zero-order chi connectivity index (χ0) is 14.7. The number of amides is 1. The van der Waals surface area contributed by atoms with Gasteiger partial charge in [0.25, 0.3) is 0 Å². The van der Waals surface area contributed by atoms with Crippen LogP contribution in [0.15, 0.2) is 35.7 Å². The molecule has 0 saturated carbocycles. The summed E-state index contributed by atoms with van der Waals surface area (Å²) in [5, 5.41) is 4.83. The molecule has 1 aliphatic heterocycles. The molecule has 5 nitrogen and oxygen atoms in total. The van der Waals surface area contributed by atoms with Crippen LogP contribution in [0.1, 0.15) is 10.4 Å². The molecule has 1 amide bonds. The zero-order valence-corrected chi connectivity index (χ0v) is 12.2. The number of nitrogens with one attached hydrogen (secondary N) is 1. The summed E-state index contributed by atoms with van der Waals surface area (Å²) in [5.74, 6) is 1.30. The average Bonchev–Trinajstić information content (AvgIpc) is 3.14. The number of carbonyl (C=O) groups excluding carboxylic acids is 1. The molecule has 0 fully saturated rings. The summed E-state index contributed by atoms with van der Waals surface area (Å²) < 4.78 is 10.6. The summed E-state index contributed by atoms with van der Waals surface area (Å²) in [5.41, 5.74) is 6.87. The van der Waals surface area contributed by atoms with Crippen molar-refractivity contribution in [2.45, 2.75) is 19.0 Å². The first-order valence-electron chi connectivity index (χ1n) is 6.66. The van der Waals surface area contributed by atoms with E-state index in [-0.39, 0.29) is 12.7 Å². The molecule has 0 bridgehead atoms. The second-order valence-electron chi connectivity index (χ2n) is 4.80. The highest BCUT2D eigenvalue weighted by Crippen LogP contribution is 2.32. The summed E-state index contributed by atoms with van der Waals surface area (Å²) in [7, 11) is 0. The fraction of sp³-hybridized carbons (Fsp3) is 0.267. The van der Waals surface area contributed by atoms with E-state index < -0.39 is 6.04 Å². The van der Waals surface area contributed by atoms with Crippen LogP contribution in [0.4, 0.5) is 0 Å². The van der Waals surface area contributed by atoms with Crippen molar-refractivity contribution < 1.29 is 14.3 Å². The van der Waals surface area contributed by atoms with Gasteiger partial charge in [-0.2, -0.15) is 0 Å². The maximum Gasteiger partial charge on any atom is 0.237 e. The number of hydrogen-bond acceptors (Lipinski definition) is 5. The van der Waals surface area contributed by atoms with E-state index in [1.54, 1.807) is 11.3 Å². The fourth-order valence-corrected chi connectivity index (χ4v) is 2.87. The molecule has 0 radical (unpaired) electrons. The van der Waals surface area contributed by atoms with Crippen LogP contribution in [-0.2, 0) is 17.8 Å². The summed E-state index contributed by atoms with van der Waals surface area (Å²) in [6.07, 6.45) is 0.560. The zero-order valence-electron chi connectivity index (χ0n) is 11.4. The Kier molecular flexibility index (Phi) is 4.08. The van der Waals surface area contributed by atoms with Crippen LogP contribution in [0.5, 0.6) is 11.5 Å². The Morgan fingerprint density at radius 3 is 3.00 bits per heavy atom. The smallest absolute Gasteiger partial charge is 0.237 e. The van der Waals surface area contributed by atoms with E-state index in [9.17, 15) is 4.79 Å². The standard InChI is InChI=1S/C15H16N2O3S/c16-12(7-11-2-1-5-21-11)15(18)17-8-10-3-4-13-14(6-10)20-9-19-13/h1-6,12H,7-9,16H2,(H,17,18)/t12-/m0/s1. The number of rotatable bonds is 5. The van der Waals surface area contributed by atoms with Gasteiger partial charge in [0.1, 0.15) is 0 Å². The fourth-order valence-electron chi connectivity index (χ4n) is 2.11. The number of hydrogen-bond donors (Lipinski definition) is 2. The third-order valence-corrected chi connectivity index (χ3v) is 4.14. The molecule has 2 heterocycles. The number of thiophene rings is 1. The molecule has 2 aromatic rings. The van der Waals surface area contributed by atoms with E-state index in [4.69, 9.17) is 15.2 Å². The van der Waals surface area contributed by atoms with Gasteiger partial charge in [0.05, 0.1) is 6.04 Å². The van der Waals surface area contributed by atoms with Crippen LogP contribution in [0.25, 0.3) is 0 Å². The highest BCUT2D eigenvalue weighted by atomic mass is 32.1. The van der Waals surface area contributed by atoms with Crippen molar-refractivity contribution in [1.82, 2.24) is 5.32 Å². The first-order chi connectivity index (χ1) is 10.2. The van der Waals surface area contributed by atoms with Crippen molar-refractivity contribution in [3.8, 4) is 11.5 Å². The summed E-state index contributed by atoms with van der Waals surface area (Å²) in [6, 6.07) is 9.02. The Morgan fingerprint density at radius 2 is 2.19 bits per heavy atom. The lowest BCUT2D eigenvalue weighted by molar-refractivity contribution is -0.122. The van der Waals surface area contributed by atoms with Gasteiger partial charge in [0, 0.05) is 17.8 Å². The van der Waals surface area contributed by atoms with Gasteiger partial charge in [0.15, 0.2) is 11.5 Å². The number of ether oxygens (including phenoxy) is 2. The third kappa shape index (κ3) is 3.34. The number of carbonyl (C=O) groups is 1. The third-order valence-electron chi connectivity index (χ3n) is 3.24. The molecule has 3 N–H and O–H groups in total. The van der Waals surface area contributed by atoms with E-state index in [0.29, 0.717) is 18.7 Å². The van der Waals surface area contributed by atoms with Crippen molar-refractivity contribution in [2.75, 3.05) is 6.79 Å². The predicted molar refractivity (Wildman–Crippen MR) is 80.4 cm³/mol. The van der Waals surface area contributed by atoms with Crippen LogP contribution >= 0.6 is 11.3 Å². The molecule has 0 unspecified atom stereocenters. The molecular weight excluding hydrogens is 288 g/mol. The first kappa shape index (κ1) is 13.9. The van der Waals surface area contributed by atoms with Crippen LogP contribution in [-0.4, -0.2) is 18.7 Å². The van der Waals surface area contributed by atoms with E-state index in [2.05, 4.69) is 5.32 Å². The maximum absolute atomic E-state index is 12.0. The lowest BCUT2D eigenvalue weighted by Gasteiger charge is -2.11. The molecule has 0 saturated heterocycles. The van der Waals surface area contributed by atoms with Gasteiger partial charge in [0.2, 0.25) is 12.7 Å². The molecule has 1 aromatic carbocycles. The highest BCUT2D eigenvalue weighted by Gasteiger charge is 2.16. The molecule has 6 heteroatoms. The molecule has 1 aromatic heterocycles. The van der Waals surface area contributed by atoms with Crippen LogP contribution in [0.3, 0.4) is 0 Å². The van der Waals surface area contributed by atoms with Crippen molar-refractivity contribution in [3.63, 3.8) is 0 Å². The Labute approximate surface area is 126 Å². The van der Waals surface area contributed by atoms with Gasteiger partial charge in [-0.25, -0.2) is 0 Å². The van der Waals surface area contributed by atoms with Gasteiger partial charge in [-0.15, -0.1) is 11.3 Å². The molecule has 1 atom stereocenters. The summed E-state index contributed by atoms with van der Waals surface area (Å²) in [4.78, 5) is 13.1. The Balaban J connectivity index is 1.53. The largest absolute Gasteiger partial charge is 0.454 e. The summed E-state index contributed by atoms with van der Waals surface area (Å²) in [6.45, 7) is 0.671. The van der Waals surface area contributed by atoms with Gasteiger partial charge in [-0.1, -0.05) is 12.1 Å². The SMILES string of the molecule is N[C@@H](Cc1cccs1)C(=O)NCc1ccc2c(c1)OCO2. The van der Waals surface area contributed by atoms with E-state index in [0.717, 1.165) is 16.2 Å². The second-order valence-corrected chi connectivity index (χ2v) is 5.83. The Morgan fingerprint density at radius 1 is 1.33 bits per heavy atom. The van der Waals surface area contributed by atoms with Gasteiger partial charge in [-0.05, 0) is 29.1 Å². The minimum Gasteiger partial charge on any atom is -0.454 e. The van der Waals surface area contributed by atoms with E-state index >= 15 is 0 Å². The molecule has 0 aliphatic carbocycles. The van der Waals surface area contributed by atoms with Gasteiger partial charge < -0.3 is 20.5 Å². The van der Waals surface area contributed by atoms with Crippen LogP contribution in [0, 0.1) is 0 Å². The minimum absolute atomic E-state index is 0.152. The number of nitrogens with two attached hydrogens (primary N) is 1. The van der Waals surface area contributed by atoms with Gasteiger partial charge >= 0.3 is 0 Å². The molecule has 110 valence electrons. The van der Waals surface area contributed by atoms with Crippen molar-refractivity contribution in [1.29, 1.82) is 0 Å². The quantitative estimate of drug-likeness (QED) is 0.881.